The van der Waals surface area contributed by atoms with Gasteiger partial charge in [-0.15, -0.1) is 0 Å². The van der Waals surface area contributed by atoms with Crippen molar-refractivity contribution in [2.24, 2.45) is 0 Å². The first kappa shape index (κ1) is 14.7. The fraction of sp³-hybridized carbons (Fsp3) is 0.278. The number of non-ortho nitro benzene ring substituents is 1. The summed E-state index contributed by atoms with van der Waals surface area (Å²) in [4.78, 5) is 27.2. The Hall–Kier alpha value is -2.89. The second-order valence-electron chi connectivity index (χ2n) is 6.29. The van der Waals surface area contributed by atoms with Crippen LogP contribution in [-0.2, 0) is 0 Å². The number of nitro groups is 1. The molecule has 0 aliphatic carbocycles. The summed E-state index contributed by atoms with van der Waals surface area (Å²) in [6, 6.07) is 16.7. The van der Waals surface area contributed by atoms with Crippen molar-refractivity contribution in [1.29, 1.82) is 0 Å². The highest BCUT2D eigenvalue weighted by atomic mass is 16.6. The van der Waals surface area contributed by atoms with E-state index in [-0.39, 0.29) is 17.6 Å². The molecule has 2 aliphatic heterocycles. The maximum absolute atomic E-state index is 12.7. The third kappa shape index (κ3) is 2.40. The van der Waals surface area contributed by atoms with E-state index in [9.17, 15) is 14.9 Å². The smallest absolute Gasteiger partial charge is 0.269 e. The number of amides is 1. The molecule has 2 aromatic rings. The zero-order chi connectivity index (χ0) is 16.7. The molecule has 6 heteroatoms. The van der Waals surface area contributed by atoms with Gasteiger partial charge in [0.1, 0.15) is 0 Å². The second kappa shape index (κ2) is 5.63. The van der Waals surface area contributed by atoms with Gasteiger partial charge in [-0.1, -0.05) is 18.2 Å². The Labute approximate surface area is 139 Å². The van der Waals surface area contributed by atoms with Crippen molar-refractivity contribution in [3.05, 3.63) is 70.3 Å². The Balaban J connectivity index is 1.48. The normalized spacial score (nSPS) is 22.0. The molecule has 0 N–H and O–H groups in total. The van der Waals surface area contributed by atoms with Crippen LogP contribution in [0.5, 0.6) is 0 Å². The number of carbonyl (C=O) groups is 1. The molecule has 2 aliphatic rings. The van der Waals surface area contributed by atoms with Crippen molar-refractivity contribution in [3.8, 4) is 0 Å². The molecule has 122 valence electrons. The molecule has 0 saturated carbocycles. The molecule has 2 heterocycles. The molecule has 4 rings (SSSR count). The van der Waals surface area contributed by atoms with Gasteiger partial charge in [-0.25, -0.2) is 0 Å². The van der Waals surface area contributed by atoms with E-state index in [0.29, 0.717) is 18.2 Å². The molecule has 2 bridgehead atoms. The molecule has 2 atom stereocenters. The third-order valence-corrected chi connectivity index (χ3v) is 4.91. The number of hydrogen-bond donors (Lipinski definition) is 0. The number of piperazine rings is 1. The molecule has 24 heavy (non-hydrogen) atoms. The van der Waals surface area contributed by atoms with E-state index in [2.05, 4.69) is 17.0 Å². The molecular formula is C18H17N3O3. The quantitative estimate of drug-likeness (QED) is 0.643. The first-order valence-corrected chi connectivity index (χ1v) is 8.00. The Morgan fingerprint density at radius 3 is 2.29 bits per heavy atom. The van der Waals surface area contributed by atoms with Crippen LogP contribution in [-0.4, -0.2) is 40.9 Å². The molecule has 2 saturated heterocycles. The first-order valence-electron chi connectivity index (χ1n) is 8.00. The van der Waals surface area contributed by atoms with Crippen molar-refractivity contribution in [2.75, 3.05) is 18.0 Å². The van der Waals surface area contributed by atoms with Crippen LogP contribution in [0.15, 0.2) is 54.6 Å². The van der Waals surface area contributed by atoms with Gasteiger partial charge in [0.2, 0.25) is 0 Å². The molecule has 0 spiro atoms. The van der Waals surface area contributed by atoms with Crippen LogP contribution in [0.1, 0.15) is 16.8 Å². The van der Waals surface area contributed by atoms with Gasteiger partial charge in [0.15, 0.2) is 0 Å². The van der Waals surface area contributed by atoms with Crippen LogP contribution >= 0.6 is 0 Å². The number of benzene rings is 2. The standard InChI is InChI=1S/C18H17N3O3/c22-18(13-6-8-15(9-7-13)21(23)24)20-12-16-10-17(20)11-19(16)14-4-2-1-3-5-14/h1-9,16-17H,10-12H2. The lowest BCUT2D eigenvalue weighted by atomic mass is 10.1. The fourth-order valence-corrected chi connectivity index (χ4v) is 3.74. The molecule has 0 aromatic heterocycles. The highest BCUT2D eigenvalue weighted by Crippen LogP contribution is 2.35. The summed E-state index contributed by atoms with van der Waals surface area (Å²) in [6.45, 7) is 1.54. The van der Waals surface area contributed by atoms with E-state index < -0.39 is 4.92 Å². The van der Waals surface area contributed by atoms with Crippen LogP contribution in [0.3, 0.4) is 0 Å². The largest absolute Gasteiger partial charge is 0.365 e. The second-order valence-corrected chi connectivity index (χ2v) is 6.29. The van der Waals surface area contributed by atoms with Crippen molar-refractivity contribution in [2.45, 2.75) is 18.5 Å². The summed E-state index contributed by atoms with van der Waals surface area (Å²) in [6.07, 6.45) is 0.980. The van der Waals surface area contributed by atoms with Crippen LogP contribution in [0.25, 0.3) is 0 Å². The monoisotopic (exact) mass is 323 g/mol. The van der Waals surface area contributed by atoms with Crippen LogP contribution in [0.4, 0.5) is 11.4 Å². The average molecular weight is 323 g/mol. The van der Waals surface area contributed by atoms with E-state index in [4.69, 9.17) is 0 Å². The van der Waals surface area contributed by atoms with E-state index in [1.54, 1.807) is 12.1 Å². The maximum atomic E-state index is 12.7. The summed E-state index contributed by atoms with van der Waals surface area (Å²) in [7, 11) is 0. The summed E-state index contributed by atoms with van der Waals surface area (Å²) in [5.74, 6) is -0.0369. The minimum absolute atomic E-state index is 0.00439. The maximum Gasteiger partial charge on any atom is 0.269 e. The summed E-state index contributed by atoms with van der Waals surface area (Å²) in [5, 5.41) is 10.7. The molecule has 0 radical (unpaired) electrons. The lowest BCUT2D eigenvalue weighted by Crippen LogP contribution is -2.48. The molecule has 2 aromatic carbocycles. The topological polar surface area (TPSA) is 66.7 Å². The van der Waals surface area contributed by atoms with Crippen LogP contribution in [0, 0.1) is 10.1 Å². The van der Waals surface area contributed by atoms with Gasteiger partial charge in [0.25, 0.3) is 11.6 Å². The van der Waals surface area contributed by atoms with Crippen LogP contribution < -0.4 is 4.90 Å². The van der Waals surface area contributed by atoms with E-state index in [0.717, 1.165) is 13.0 Å². The number of carbonyl (C=O) groups excluding carboxylic acids is 1. The van der Waals surface area contributed by atoms with E-state index in [1.807, 2.05) is 23.1 Å². The van der Waals surface area contributed by atoms with Gasteiger partial charge in [0.05, 0.1) is 11.0 Å². The minimum atomic E-state index is -0.455. The molecule has 1 amide bonds. The van der Waals surface area contributed by atoms with Crippen molar-refractivity contribution in [1.82, 2.24) is 4.90 Å². The number of anilines is 1. The van der Waals surface area contributed by atoms with Gasteiger partial charge in [-0.05, 0) is 30.7 Å². The highest BCUT2D eigenvalue weighted by Gasteiger charge is 2.45. The predicted molar refractivity (Wildman–Crippen MR) is 90.1 cm³/mol. The number of fused-ring (bicyclic) bond motifs is 2. The fourth-order valence-electron chi connectivity index (χ4n) is 3.74. The molecule has 2 unspecified atom stereocenters. The lowest BCUT2D eigenvalue weighted by Gasteiger charge is -2.35. The molecular weight excluding hydrogens is 306 g/mol. The number of para-hydroxylation sites is 1. The van der Waals surface area contributed by atoms with Gasteiger partial charge in [-0.2, -0.15) is 0 Å². The first-order chi connectivity index (χ1) is 11.6. The third-order valence-electron chi connectivity index (χ3n) is 4.91. The number of hydrogen-bond acceptors (Lipinski definition) is 4. The highest BCUT2D eigenvalue weighted by molar-refractivity contribution is 5.95. The van der Waals surface area contributed by atoms with E-state index >= 15 is 0 Å². The lowest BCUT2D eigenvalue weighted by molar-refractivity contribution is -0.384. The Kier molecular flexibility index (Phi) is 3.45. The van der Waals surface area contributed by atoms with Crippen molar-refractivity contribution >= 4 is 17.3 Å². The van der Waals surface area contributed by atoms with Crippen molar-refractivity contribution < 1.29 is 9.72 Å². The Morgan fingerprint density at radius 2 is 1.71 bits per heavy atom. The zero-order valence-electron chi connectivity index (χ0n) is 13.0. The minimum Gasteiger partial charge on any atom is -0.365 e. The van der Waals surface area contributed by atoms with Gasteiger partial charge >= 0.3 is 0 Å². The number of likely N-dealkylation sites (tertiary alicyclic amines) is 1. The average Bonchev–Trinajstić information content (AvgIpc) is 3.22. The number of nitrogens with zero attached hydrogens (tertiary/aromatic N) is 3. The van der Waals surface area contributed by atoms with Crippen LogP contribution in [0.2, 0.25) is 0 Å². The Morgan fingerprint density at radius 1 is 1.00 bits per heavy atom. The summed E-state index contributed by atoms with van der Waals surface area (Å²) >= 11 is 0. The van der Waals surface area contributed by atoms with Gasteiger partial charge < -0.3 is 9.80 Å². The zero-order valence-corrected chi connectivity index (χ0v) is 13.0. The molecule has 2 fully saturated rings. The number of rotatable bonds is 3. The summed E-state index contributed by atoms with van der Waals surface area (Å²) in [5.41, 5.74) is 1.72. The van der Waals surface area contributed by atoms with E-state index in [1.165, 1.54) is 17.8 Å². The molecule has 6 nitrogen and oxygen atoms in total. The predicted octanol–water partition coefficient (Wildman–Crippen LogP) is 2.70. The number of nitro benzene ring substituents is 1. The SMILES string of the molecule is O=C(c1ccc([N+](=O)[O-])cc1)N1CC2CC1CN2c1ccccc1. The Bertz CT molecular complexity index is 776. The van der Waals surface area contributed by atoms with Gasteiger partial charge in [-0.3, -0.25) is 14.9 Å². The van der Waals surface area contributed by atoms with Crippen molar-refractivity contribution in [3.63, 3.8) is 0 Å². The van der Waals surface area contributed by atoms with Gasteiger partial charge in [0, 0.05) is 42.5 Å². The summed E-state index contributed by atoms with van der Waals surface area (Å²) < 4.78 is 0.